The van der Waals surface area contributed by atoms with Gasteiger partial charge in [0.2, 0.25) is 0 Å². The fourth-order valence-electron chi connectivity index (χ4n) is 2.63. The number of fused-ring (bicyclic) bond motifs is 1. The predicted molar refractivity (Wildman–Crippen MR) is 74.9 cm³/mol. The van der Waals surface area contributed by atoms with Crippen molar-refractivity contribution in [2.24, 2.45) is 0 Å². The van der Waals surface area contributed by atoms with Crippen LogP contribution in [0.5, 0.6) is 0 Å². The number of aryl methyl sites for hydroxylation is 1. The molecule has 1 unspecified atom stereocenters. The maximum atomic E-state index is 12.2. The number of carbonyl (C=O) groups is 1. The molecular formula is C14H14N4O3. The number of amides is 1. The van der Waals surface area contributed by atoms with Gasteiger partial charge >= 0.3 is 0 Å². The lowest BCUT2D eigenvalue weighted by atomic mass is 9.90. The molecule has 1 atom stereocenters. The lowest BCUT2D eigenvalue weighted by molar-refractivity contribution is -0.385. The maximum absolute atomic E-state index is 12.2. The Bertz CT molecular complexity index is 752. The van der Waals surface area contributed by atoms with Crippen molar-refractivity contribution in [1.82, 2.24) is 15.1 Å². The number of non-ortho nitro benzene ring substituents is 1. The molecule has 7 nitrogen and oxygen atoms in total. The lowest BCUT2D eigenvalue weighted by Crippen LogP contribution is -2.51. The first kappa shape index (κ1) is 13.3. The van der Waals surface area contributed by atoms with Gasteiger partial charge < -0.3 is 5.32 Å². The molecule has 1 aliphatic heterocycles. The second-order valence-corrected chi connectivity index (χ2v) is 5.42. The van der Waals surface area contributed by atoms with Crippen LogP contribution in [0.1, 0.15) is 28.7 Å². The van der Waals surface area contributed by atoms with Crippen molar-refractivity contribution < 1.29 is 9.72 Å². The minimum Gasteiger partial charge on any atom is -0.340 e. The zero-order chi connectivity index (χ0) is 15.2. The summed E-state index contributed by atoms with van der Waals surface area (Å²) in [6, 6.07) is 8.04. The van der Waals surface area contributed by atoms with E-state index in [0.717, 1.165) is 5.69 Å². The molecule has 1 aliphatic rings. The topological polar surface area (TPSA) is 90.1 Å². The van der Waals surface area contributed by atoms with Gasteiger partial charge in [-0.25, -0.2) is 0 Å². The van der Waals surface area contributed by atoms with Crippen molar-refractivity contribution in [2.45, 2.75) is 25.9 Å². The van der Waals surface area contributed by atoms with E-state index in [2.05, 4.69) is 10.4 Å². The number of rotatable bonds is 2. The van der Waals surface area contributed by atoms with Gasteiger partial charge in [0.25, 0.3) is 11.6 Å². The van der Waals surface area contributed by atoms with Crippen LogP contribution in [0.25, 0.3) is 0 Å². The molecule has 7 heteroatoms. The third-order valence-electron chi connectivity index (χ3n) is 3.68. The van der Waals surface area contributed by atoms with E-state index in [-0.39, 0.29) is 11.6 Å². The zero-order valence-electron chi connectivity index (χ0n) is 11.7. The van der Waals surface area contributed by atoms with Crippen LogP contribution in [-0.4, -0.2) is 20.6 Å². The minimum absolute atomic E-state index is 0.00502. The summed E-state index contributed by atoms with van der Waals surface area (Å²) in [5.74, 6) is -0.226. The molecule has 3 rings (SSSR count). The molecule has 0 bridgehead atoms. The van der Waals surface area contributed by atoms with E-state index in [0.29, 0.717) is 17.8 Å². The van der Waals surface area contributed by atoms with Crippen molar-refractivity contribution in [3.63, 3.8) is 0 Å². The number of nitrogens with zero attached hydrogens (tertiary/aromatic N) is 3. The van der Waals surface area contributed by atoms with Crippen LogP contribution in [0.3, 0.4) is 0 Å². The molecule has 0 saturated carbocycles. The van der Waals surface area contributed by atoms with Crippen LogP contribution >= 0.6 is 0 Å². The third kappa shape index (κ3) is 2.16. The summed E-state index contributed by atoms with van der Waals surface area (Å²) in [5, 5.41) is 18.1. The third-order valence-corrected chi connectivity index (χ3v) is 3.68. The van der Waals surface area contributed by atoms with Crippen LogP contribution < -0.4 is 5.32 Å². The Balaban J connectivity index is 2.04. The number of nitro groups is 1. The molecular weight excluding hydrogens is 272 g/mol. The average Bonchev–Trinajstić information content (AvgIpc) is 2.79. The van der Waals surface area contributed by atoms with Crippen molar-refractivity contribution in [3.8, 4) is 0 Å². The predicted octanol–water partition coefficient (Wildman–Crippen LogP) is 1.76. The van der Waals surface area contributed by atoms with Gasteiger partial charge in [-0.3, -0.25) is 19.6 Å². The van der Waals surface area contributed by atoms with Gasteiger partial charge in [0.05, 0.1) is 22.7 Å². The molecule has 2 aromatic rings. The van der Waals surface area contributed by atoms with Crippen molar-refractivity contribution in [3.05, 3.63) is 57.4 Å². The van der Waals surface area contributed by atoms with Crippen LogP contribution in [-0.2, 0) is 12.1 Å². The summed E-state index contributed by atoms with van der Waals surface area (Å²) in [7, 11) is 0. The SMILES string of the molecule is Cc1cc2n(n1)CC(C)(c1cccc([N+](=O)[O-])c1)NC2=O. The number of carbonyl (C=O) groups excluding carboxylic acids is 1. The van der Waals surface area contributed by atoms with Crippen LogP contribution in [0, 0.1) is 17.0 Å². The smallest absolute Gasteiger partial charge is 0.270 e. The number of hydrogen-bond acceptors (Lipinski definition) is 4. The van der Waals surface area contributed by atoms with E-state index in [1.54, 1.807) is 22.9 Å². The lowest BCUT2D eigenvalue weighted by Gasteiger charge is -2.35. The van der Waals surface area contributed by atoms with Crippen molar-refractivity contribution >= 4 is 11.6 Å². The largest absolute Gasteiger partial charge is 0.340 e. The number of benzene rings is 1. The molecule has 1 N–H and O–H groups in total. The van der Waals surface area contributed by atoms with E-state index in [1.807, 2.05) is 13.8 Å². The van der Waals surface area contributed by atoms with E-state index in [1.165, 1.54) is 12.1 Å². The highest BCUT2D eigenvalue weighted by Crippen LogP contribution is 2.29. The molecule has 0 saturated heterocycles. The van der Waals surface area contributed by atoms with Gasteiger partial charge in [-0.2, -0.15) is 5.10 Å². The highest BCUT2D eigenvalue weighted by Gasteiger charge is 2.37. The summed E-state index contributed by atoms with van der Waals surface area (Å²) in [4.78, 5) is 22.7. The normalized spacial score (nSPS) is 20.8. The molecule has 1 aromatic heterocycles. The Morgan fingerprint density at radius 1 is 1.43 bits per heavy atom. The summed E-state index contributed by atoms with van der Waals surface area (Å²) >= 11 is 0. The van der Waals surface area contributed by atoms with Crippen LogP contribution in [0.4, 0.5) is 5.69 Å². The van der Waals surface area contributed by atoms with Gasteiger partial charge in [-0.1, -0.05) is 12.1 Å². The highest BCUT2D eigenvalue weighted by molar-refractivity contribution is 5.94. The van der Waals surface area contributed by atoms with Crippen LogP contribution in [0.2, 0.25) is 0 Å². The first-order chi connectivity index (χ1) is 9.89. The Morgan fingerprint density at radius 3 is 2.90 bits per heavy atom. The molecule has 0 spiro atoms. The average molecular weight is 286 g/mol. The van der Waals surface area contributed by atoms with E-state index < -0.39 is 10.5 Å². The summed E-state index contributed by atoms with van der Waals surface area (Å²) < 4.78 is 1.65. The maximum Gasteiger partial charge on any atom is 0.270 e. The molecule has 2 heterocycles. The second kappa shape index (κ2) is 4.41. The van der Waals surface area contributed by atoms with Crippen molar-refractivity contribution in [1.29, 1.82) is 0 Å². The fraction of sp³-hybridized carbons (Fsp3) is 0.286. The summed E-state index contributed by atoms with van der Waals surface area (Å²) in [5.41, 5.74) is 1.24. The molecule has 0 fully saturated rings. The van der Waals surface area contributed by atoms with Crippen molar-refractivity contribution in [2.75, 3.05) is 0 Å². The van der Waals surface area contributed by atoms with E-state index in [9.17, 15) is 14.9 Å². The van der Waals surface area contributed by atoms with Gasteiger partial charge in [-0.15, -0.1) is 0 Å². The monoisotopic (exact) mass is 286 g/mol. The second-order valence-electron chi connectivity index (χ2n) is 5.42. The first-order valence-electron chi connectivity index (χ1n) is 6.51. The van der Waals surface area contributed by atoms with Gasteiger partial charge in [-0.05, 0) is 25.5 Å². The minimum atomic E-state index is -0.728. The molecule has 0 radical (unpaired) electrons. The molecule has 1 aromatic carbocycles. The first-order valence-corrected chi connectivity index (χ1v) is 6.51. The molecule has 0 aliphatic carbocycles. The zero-order valence-corrected chi connectivity index (χ0v) is 11.7. The van der Waals surface area contributed by atoms with Crippen LogP contribution in [0.15, 0.2) is 30.3 Å². The summed E-state index contributed by atoms with van der Waals surface area (Å²) in [6.07, 6.45) is 0. The summed E-state index contributed by atoms with van der Waals surface area (Å²) in [6.45, 7) is 4.09. The highest BCUT2D eigenvalue weighted by atomic mass is 16.6. The Morgan fingerprint density at radius 2 is 2.19 bits per heavy atom. The molecule has 1 amide bonds. The Hall–Kier alpha value is -2.70. The number of nitro benzene ring substituents is 1. The Kier molecular flexibility index (Phi) is 2.79. The molecule has 108 valence electrons. The van der Waals surface area contributed by atoms with Gasteiger partial charge in [0.15, 0.2) is 0 Å². The van der Waals surface area contributed by atoms with Gasteiger partial charge in [0.1, 0.15) is 5.69 Å². The number of hydrogen-bond donors (Lipinski definition) is 1. The standard InChI is InChI=1S/C14H14N4O3/c1-9-6-12-13(19)15-14(2,8-17(12)16-9)10-4-3-5-11(7-10)18(20)21/h3-7H,8H2,1-2H3,(H,15,19). The molecule has 21 heavy (non-hydrogen) atoms. The fourth-order valence-corrected chi connectivity index (χ4v) is 2.63. The van der Waals surface area contributed by atoms with E-state index >= 15 is 0 Å². The quantitative estimate of drug-likeness (QED) is 0.672. The Labute approximate surface area is 120 Å². The number of aromatic nitrogens is 2. The van der Waals surface area contributed by atoms with E-state index in [4.69, 9.17) is 0 Å². The van der Waals surface area contributed by atoms with Gasteiger partial charge in [0, 0.05) is 12.1 Å². The number of nitrogens with one attached hydrogen (secondary N) is 1.